The molecule has 0 radical (unpaired) electrons. The first-order chi connectivity index (χ1) is 17.8. The number of benzene rings is 1. The van der Waals surface area contributed by atoms with Crippen molar-refractivity contribution in [3.8, 4) is 11.4 Å². The number of carbonyl (C=O) groups excluding carboxylic acids is 2. The Morgan fingerprint density at radius 3 is 2.70 bits per heavy atom. The molecule has 198 valence electrons. The van der Waals surface area contributed by atoms with E-state index in [4.69, 9.17) is 14.7 Å². The molecule has 0 unspecified atom stereocenters. The van der Waals surface area contributed by atoms with Crippen LogP contribution in [0.4, 0.5) is 25.5 Å². The summed E-state index contributed by atoms with van der Waals surface area (Å²) in [6.45, 7) is 8.62. The van der Waals surface area contributed by atoms with Crippen LogP contribution in [0, 0.1) is 5.82 Å². The van der Waals surface area contributed by atoms with E-state index in [1.807, 2.05) is 13.8 Å². The number of halogens is 1. The number of nitrogens with zero attached hydrogens (tertiary/aromatic N) is 4. The summed E-state index contributed by atoms with van der Waals surface area (Å²) in [5.41, 5.74) is 2.30. The number of hydrogen-bond donors (Lipinski definition) is 3. The minimum absolute atomic E-state index is 0.0206. The number of anilines is 2. The summed E-state index contributed by atoms with van der Waals surface area (Å²) in [6.07, 6.45) is 2.55. The fourth-order valence-corrected chi connectivity index (χ4v) is 4.68. The Morgan fingerprint density at radius 1 is 1.19 bits per heavy atom. The highest BCUT2D eigenvalue weighted by atomic mass is 19.1. The first kappa shape index (κ1) is 25.2. The van der Waals surface area contributed by atoms with Crippen LogP contribution in [0.3, 0.4) is 0 Å². The van der Waals surface area contributed by atoms with Gasteiger partial charge in [-0.05, 0) is 58.2 Å². The lowest BCUT2D eigenvalue weighted by molar-refractivity contribution is 0.0983. The van der Waals surface area contributed by atoms with Crippen molar-refractivity contribution >= 4 is 23.6 Å². The molecule has 2 aromatic rings. The highest BCUT2D eigenvalue weighted by Crippen LogP contribution is 2.32. The molecule has 1 saturated heterocycles. The van der Waals surface area contributed by atoms with E-state index in [-0.39, 0.29) is 41.6 Å². The van der Waals surface area contributed by atoms with Gasteiger partial charge in [0, 0.05) is 36.4 Å². The highest BCUT2D eigenvalue weighted by molar-refractivity contribution is 5.90. The van der Waals surface area contributed by atoms with Crippen LogP contribution in [0.1, 0.15) is 44.9 Å². The Bertz CT molecular complexity index is 1190. The summed E-state index contributed by atoms with van der Waals surface area (Å²) >= 11 is 0. The fraction of sp³-hybridized carbons (Fsp3) is 0.538. The Balaban J connectivity index is 1.47. The summed E-state index contributed by atoms with van der Waals surface area (Å²) < 4.78 is 21.0. The van der Waals surface area contributed by atoms with Gasteiger partial charge in [-0.2, -0.15) is 0 Å². The maximum Gasteiger partial charge on any atom is 0.319 e. The third-order valence-corrected chi connectivity index (χ3v) is 6.76. The number of amides is 4. The quantitative estimate of drug-likeness (QED) is 0.568. The molecule has 1 aliphatic carbocycles. The van der Waals surface area contributed by atoms with Crippen molar-refractivity contribution in [3.05, 3.63) is 35.3 Å². The fourth-order valence-electron chi connectivity index (χ4n) is 4.68. The molecule has 1 aromatic carbocycles. The largest absolute Gasteiger partial charge is 0.377 e. The van der Waals surface area contributed by atoms with Gasteiger partial charge < -0.3 is 30.5 Å². The number of rotatable bonds is 5. The molecule has 2 aliphatic heterocycles. The molecule has 3 aliphatic rings. The zero-order valence-electron chi connectivity index (χ0n) is 21.5. The molecule has 37 heavy (non-hydrogen) atoms. The second kappa shape index (κ2) is 10.5. The van der Waals surface area contributed by atoms with Crippen molar-refractivity contribution in [2.75, 3.05) is 36.5 Å². The molecule has 1 atom stereocenters. The van der Waals surface area contributed by atoms with Gasteiger partial charge in [0.2, 0.25) is 0 Å². The van der Waals surface area contributed by atoms with E-state index in [9.17, 15) is 9.59 Å². The summed E-state index contributed by atoms with van der Waals surface area (Å²) in [5.74, 6) is 0.491. The van der Waals surface area contributed by atoms with Crippen LogP contribution in [-0.4, -0.2) is 71.4 Å². The molecule has 3 heterocycles. The average Bonchev–Trinajstić information content (AvgIpc) is 3.67. The Labute approximate surface area is 216 Å². The topological polar surface area (TPSA) is 112 Å². The standard InChI is InChI=1S/C26H34FN7O3/c1-15(2)28-26(36)33-9-8-20-22(13-33)31-23(32-24(20)34-10-11-37-14-16(34)3)19-7-6-18(12-21(19)27)30-25(35)29-17-4-5-17/h6-7,12,15-17H,4-5,8-11,13-14H2,1-3H3,(H,28,36)(H2,29,30,35)/t16-/m0/s1. The van der Waals surface area contributed by atoms with Gasteiger partial charge in [0.05, 0.1) is 37.1 Å². The number of hydrogen-bond acceptors (Lipinski definition) is 6. The molecule has 11 heteroatoms. The van der Waals surface area contributed by atoms with Gasteiger partial charge in [-0.25, -0.2) is 23.9 Å². The summed E-state index contributed by atoms with van der Waals surface area (Å²) in [5, 5.41) is 8.44. The zero-order valence-corrected chi connectivity index (χ0v) is 21.5. The van der Waals surface area contributed by atoms with E-state index in [1.165, 1.54) is 6.07 Å². The highest BCUT2D eigenvalue weighted by Gasteiger charge is 2.31. The predicted octanol–water partition coefficient (Wildman–Crippen LogP) is 3.27. The van der Waals surface area contributed by atoms with Crippen LogP contribution in [-0.2, 0) is 17.7 Å². The van der Waals surface area contributed by atoms with Crippen LogP contribution >= 0.6 is 0 Å². The summed E-state index contributed by atoms with van der Waals surface area (Å²) in [4.78, 5) is 38.3. The molecule has 1 saturated carbocycles. The number of morpholine rings is 1. The summed E-state index contributed by atoms with van der Waals surface area (Å²) in [7, 11) is 0. The predicted molar refractivity (Wildman–Crippen MR) is 138 cm³/mol. The molecule has 10 nitrogen and oxygen atoms in total. The van der Waals surface area contributed by atoms with E-state index < -0.39 is 5.82 Å². The van der Waals surface area contributed by atoms with Crippen molar-refractivity contribution in [2.24, 2.45) is 0 Å². The van der Waals surface area contributed by atoms with Gasteiger partial charge >= 0.3 is 12.1 Å². The van der Waals surface area contributed by atoms with Gasteiger partial charge in [-0.3, -0.25) is 0 Å². The van der Waals surface area contributed by atoms with Crippen LogP contribution in [0.2, 0.25) is 0 Å². The molecular formula is C26H34FN7O3. The van der Waals surface area contributed by atoms with E-state index in [2.05, 4.69) is 27.8 Å². The van der Waals surface area contributed by atoms with Crippen molar-refractivity contribution < 1.29 is 18.7 Å². The number of nitrogens with one attached hydrogen (secondary N) is 3. The Kier molecular flexibility index (Phi) is 7.14. The van der Waals surface area contributed by atoms with Crippen LogP contribution in [0.25, 0.3) is 11.4 Å². The van der Waals surface area contributed by atoms with Gasteiger partial charge in [0.15, 0.2) is 5.82 Å². The van der Waals surface area contributed by atoms with Crippen LogP contribution in [0.5, 0.6) is 0 Å². The smallest absolute Gasteiger partial charge is 0.319 e. The lowest BCUT2D eigenvalue weighted by Crippen LogP contribution is -2.47. The van der Waals surface area contributed by atoms with Gasteiger partial charge in [0.25, 0.3) is 0 Å². The number of aromatic nitrogens is 2. The third kappa shape index (κ3) is 5.76. The first-order valence-corrected chi connectivity index (χ1v) is 13.0. The lowest BCUT2D eigenvalue weighted by atomic mass is 10.0. The molecule has 1 aromatic heterocycles. The molecule has 4 amide bonds. The minimum atomic E-state index is -0.532. The average molecular weight is 512 g/mol. The van der Waals surface area contributed by atoms with E-state index in [1.54, 1.807) is 17.0 Å². The van der Waals surface area contributed by atoms with Gasteiger partial charge in [0.1, 0.15) is 11.6 Å². The lowest BCUT2D eigenvalue weighted by Gasteiger charge is -2.38. The molecule has 2 fully saturated rings. The van der Waals surface area contributed by atoms with Crippen LogP contribution < -0.4 is 20.9 Å². The van der Waals surface area contributed by atoms with Crippen molar-refractivity contribution in [1.29, 1.82) is 0 Å². The molecule has 0 spiro atoms. The molecule has 0 bridgehead atoms. The molecule has 5 rings (SSSR count). The first-order valence-electron chi connectivity index (χ1n) is 13.0. The SMILES string of the molecule is CC(C)NC(=O)N1CCc2c(nc(-c3ccc(NC(=O)NC4CC4)cc3F)nc2N2CCOC[C@@H]2C)C1. The normalized spacial score (nSPS) is 19.4. The number of carbonyl (C=O) groups is 2. The molecular weight excluding hydrogens is 477 g/mol. The second-order valence-electron chi connectivity index (χ2n) is 10.3. The number of ether oxygens (including phenoxy) is 1. The molecule has 3 N–H and O–H groups in total. The van der Waals surface area contributed by atoms with Crippen LogP contribution in [0.15, 0.2) is 18.2 Å². The van der Waals surface area contributed by atoms with E-state index in [0.717, 1.165) is 24.2 Å². The Morgan fingerprint density at radius 2 is 2.00 bits per heavy atom. The number of fused-ring (bicyclic) bond motifs is 1. The number of urea groups is 2. The van der Waals surface area contributed by atoms with Gasteiger partial charge in [-0.15, -0.1) is 0 Å². The monoisotopic (exact) mass is 511 g/mol. The van der Waals surface area contributed by atoms with Crippen molar-refractivity contribution in [2.45, 2.75) is 64.7 Å². The van der Waals surface area contributed by atoms with E-state index in [0.29, 0.717) is 50.7 Å². The van der Waals surface area contributed by atoms with Crippen molar-refractivity contribution in [3.63, 3.8) is 0 Å². The summed E-state index contributed by atoms with van der Waals surface area (Å²) in [6, 6.07) is 4.35. The second-order valence-corrected chi connectivity index (χ2v) is 10.3. The zero-order chi connectivity index (χ0) is 26.1. The minimum Gasteiger partial charge on any atom is -0.377 e. The van der Waals surface area contributed by atoms with E-state index >= 15 is 4.39 Å². The third-order valence-electron chi connectivity index (χ3n) is 6.76. The van der Waals surface area contributed by atoms with Crippen molar-refractivity contribution in [1.82, 2.24) is 25.5 Å². The maximum atomic E-state index is 15.3. The maximum absolute atomic E-state index is 15.3. The Hall–Kier alpha value is -3.47. The van der Waals surface area contributed by atoms with Gasteiger partial charge in [-0.1, -0.05) is 0 Å².